The summed E-state index contributed by atoms with van der Waals surface area (Å²) in [6, 6.07) is -1.17. The van der Waals surface area contributed by atoms with E-state index >= 15 is 0 Å². The molecule has 0 radical (unpaired) electrons. The highest BCUT2D eigenvalue weighted by molar-refractivity contribution is 6.39. The molecule has 0 aromatic rings. The third kappa shape index (κ3) is 20.8. The third-order valence-corrected chi connectivity index (χ3v) is 16.5. The summed E-state index contributed by atoms with van der Waals surface area (Å²) in [4.78, 5) is 85.1. The summed E-state index contributed by atoms with van der Waals surface area (Å²) in [5.41, 5.74) is 1.25. The van der Waals surface area contributed by atoms with Crippen molar-refractivity contribution in [3.8, 4) is 0 Å². The topological polar surface area (TPSA) is 229 Å². The quantitative estimate of drug-likeness (QED) is 0.0583. The highest BCUT2D eigenvalue weighted by Gasteiger charge is 2.53. The Morgan fingerprint density at radius 2 is 1.57 bits per heavy atom. The van der Waals surface area contributed by atoms with E-state index in [1.165, 1.54) is 12.0 Å². The van der Waals surface area contributed by atoms with Gasteiger partial charge in [-0.2, -0.15) is 0 Å². The lowest BCUT2D eigenvalue weighted by Gasteiger charge is -2.42. The summed E-state index contributed by atoms with van der Waals surface area (Å²) < 4.78 is 52.0. The molecule has 4 rings (SSSR count). The van der Waals surface area contributed by atoms with Gasteiger partial charge in [-0.1, -0.05) is 71.1 Å². The van der Waals surface area contributed by atoms with Gasteiger partial charge in [-0.05, 0) is 120 Å². The van der Waals surface area contributed by atoms with Crippen molar-refractivity contribution in [1.82, 2.24) is 4.90 Å². The van der Waals surface area contributed by atoms with Crippen molar-refractivity contribution in [2.24, 2.45) is 35.5 Å². The van der Waals surface area contributed by atoms with Crippen LogP contribution in [-0.2, 0) is 71.4 Å². The molecule has 1 saturated carbocycles. The molecule has 18 nitrogen and oxygen atoms in total. The molecule has 1 aliphatic carbocycles. The van der Waals surface area contributed by atoms with Gasteiger partial charge in [0, 0.05) is 78.6 Å². The molecule has 15 atom stereocenters. The SMILES string of the molecule is COCCOCCCCC(=O)OCCO[C@@H]1CC[C@@H](C[C@@H](C)[C@@H]2CC(=O)[C@H](C)/C=C(\C)[C@@H](O)[C@@H](OC)C(=O)[C@H](C)C[C@H](C)/C=C/C=C/C=C(\C)[C@@H](OC)C[C@@H]3CC[C@@H](C)[C@@](O)(O3)C(=O)C(=O)N3CCCC[C@H]3C(=O)O2)C[C@H]1OC. The molecule has 4 aliphatic rings. The zero-order valence-electron chi connectivity index (χ0n) is 49.4. The van der Waals surface area contributed by atoms with Gasteiger partial charge in [-0.3, -0.25) is 24.0 Å². The first-order valence-electron chi connectivity index (χ1n) is 29.0. The van der Waals surface area contributed by atoms with Crippen LogP contribution in [0, 0.1) is 35.5 Å². The van der Waals surface area contributed by atoms with E-state index in [0.717, 1.165) is 18.4 Å². The zero-order chi connectivity index (χ0) is 58.2. The predicted octanol–water partition coefficient (Wildman–Crippen LogP) is 7.58. The summed E-state index contributed by atoms with van der Waals surface area (Å²) in [5, 5.41) is 23.6. The number of carbonyl (C=O) groups is 6. The van der Waals surface area contributed by atoms with Gasteiger partial charge in [0.15, 0.2) is 5.78 Å². The maximum Gasteiger partial charge on any atom is 0.329 e. The number of aliphatic hydroxyl groups excluding tert-OH is 1. The Bertz CT molecular complexity index is 2070. The minimum Gasteiger partial charge on any atom is -0.463 e. The molecule has 18 heteroatoms. The van der Waals surface area contributed by atoms with Gasteiger partial charge in [0.05, 0.1) is 44.2 Å². The van der Waals surface area contributed by atoms with Gasteiger partial charge in [0.1, 0.15) is 36.7 Å². The number of carbonyl (C=O) groups excluding carboxylic acids is 6. The molecule has 0 aromatic heterocycles. The van der Waals surface area contributed by atoms with Crippen molar-refractivity contribution < 1.29 is 81.6 Å². The van der Waals surface area contributed by atoms with E-state index < -0.39 is 77.8 Å². The molecule has 0 aromatic carbocycles. The van der Waals surface area contributed by atoms with Crippen LogP contribution in [0.3, 0.4) is 0 Å². The second-order valence-corrected chi connectivity index (χ2v) is 22.7. The fraction of sp³-hybridized carbons (Fsp3) is 0.770. The average molecular weight is 1120 g/mol. The van der Waals surface area contributed by atoms with Gasteiger partial charge in [-0.25, -0.2) is 4.79 Å². The molecule has 3 aliphatic heterocycles. The van der Waals surface area contributed by atoms with E-state index in [4.69, 9.17) is 42.6 Å². The minimum absolute atomic E-state index is 0.00341. The number of rotatable bonds is 18. The van der Waals surface area contributed by atoms with E-state index in [1.807, 2.05) is 58.1 Å². The number of ketones is 3. The molecule has 448 valence electrons. The van der Waals surface area contributed by atoms with E-state index in [0.29, 0.717) is 89.6 Å². The van der Waals surface area contributed by atoms with Crippen molar-refractivity contribution in [2.45, 2.75) is 199 Å². The van der Waals surface area contributed by atoms with E-state index in [1.54, 1.807) is 48.2 Å². The van der Waals surface area contributed by atoms with Gasteiger partial charge in [-0.15, -0.1) is 0 Å². The Morgan fingerprint density at radius 1 is 0.810 bits per heavy atom. The van der Waals surface area contributed by atoms with E-state index in [-0.39, 0.29) is 86.5 Å². The lowest BCUT2D eigenvalue weighted by Crippen LogP contribution is -2.61. The highest BCUT2D eigenvalue weighted by Crippen LogP contribution is 2.38. The number of unbranched alkanes of at least 4 members (excludes halogenated alkanes) is 1. The summed E-state index contributed by atoms with van der Waals surface area (Å²) in [6.45, 7) is 14.6. The lowest BCUT2D eigenvalue weighted by atomic mass is 9.78. The number of aliphatic hydroxyl groups is 2. The molecule has 2 bridgehead atoms. The molecule has 1 amide bonds. The normalized spacial score (nSPS) is 35.3. The molecule has 0 spiro atoms. The minimum atomic E-state index is -2.45. The summed E-state index contributed by atoms with van der Waals surface area (Å²) >= 11 is 0. The second-order valence-electron chi connectivity index (χ2n) is 22.7. The Morgan fingerprint density at radius 3 is 2.28 bits per heavy atom. The van der Waals surface area contributed by atoms with Crippen LogP contribution in [0.2, 0.25) is 0 Å². The van der Waals surface area contributed by atoms with Crippen LogP contribution in [0.1, 0.15) is 145 Å². The monoisotopic (exact) mass is 1120 g/mol. The number of amides is 1. The summed E-state index contributed by atoms with van der Waals surface area (Å²) in [5.74, 6) is -8.49. The fourth-order valence-electron chi connectivity index (χ4n) is 11.4. The van der Waals surface area contributed by atoms with Gasteiger partial charge >= 0.3 is 11.9 Å². The number of hydrogen-bond acceptors (Lipinski definition) is 17. The van der Waals surface area contributed by atoms with Crippen molar-refractivity contribution in [1.29, 1.82) is 0 Å². The second kappa shape index (κ2) is 34.5. The number of fused-ring (bicyclic) bond motifs is 3. The Hall–Kier alpha value is -3.98. The predicted molar refractivity (Wildman–Crippen MR) is 296 cm³/mol. The van der Waals surface area contributed by atoms with Gasteiger partial charge in [0.2, 0.25) is 5.79 Å². The number of Topliss-reactive ketones (excluding diaryl/α,β-unsaturated/α-hetero) is 3. The number of hydrogen-bond donors (Lipinski definition) is 2. The average Bonchev–Trinajstić information content (AvgIpc) is 3.57. The van der Waals surface area contributed by atoms with E-state index in [9.17, 15) is 39.0 Å². The number of allylic oxidation sites excluding steroid dienone is 6. The first kappa shape index (κ1) is 67.5. The first-order chi connectivity index (χ1) is 37.7. The van der Waals surface area contributed by atoms with Crippen LogP contribution in [0.5, 0.6) is 0 Å². The molecular formula is C61H97NO17. The molecule has 2 N–H and O–H groups in total. The van der Waals surface area contributed by atoms with Crippen molar-refractivity contribution in [2.75, 3.05) is 68.0 Å². The summed E-state index contributed by atoms with van der Waals surface area (Å²) in [7, 11) is 6.19. The number of ether oxygens (including phenoxy) is 9. The smallest absolute Gasteiger partial charge is 0.329 e. The third-order valence-electron chi connectivity index (χ3n) is 16.5. The maximum atomic E-state index is 14.6. The maximum absolute atomic E-state index is 14.6. The van der Waals surface area contributed by atoms with E-state index in [2.05, 4.69) is 0 Å². The molecule has 2 saturated heterocycles. The Labute approximate surface area is 470 Å². The van der Waals surface area contributed by atoms with Gasteiger partial charge < -0.3 is 57.7 Å². The molecule has 3 fully saturated rings. The number of methoxy groups -OCH3 is 4. The number of cyclic esters (lactones) is 1. The van der Waals surface area contributed by atoms with Crippen LogP contribution in [0.25, 0.3) is 0 Å². The van der Waals surface area contributed by atoms with Crippen LogP contribution < -0.4 is 0 Å². The lowest BCUT2D eigenvalue weighted by molar-refractivity contribution is -0.265. The number of piperidine rings is 1. The highest BCUT2D eigenvalue weighted by atomic mass is 16.6. The van der Waals surface area contributed by atoms with Crippen molar-refractivity contribution >= 4 is 35.2 Å². The van der Waals surface area contributed by atoms with Crippen LogP contribution >= 0.6 is 0 Å². The number of nitrogens with zero attached hydrogens (tertiary/aromatic N) is 1. The Kier molecular flexibility index (Phi) is 29.5. The molecule has 3 heterocycles. The standard InChI is InChI=1S/C61H97NO17/c1-39-19-13-12-14-20-40(2)51(72-9)37-47-25-23-45(7)61(70,79-47)58(67)59(68)62-27-17-15-21-48(62)60(69)78-52(38-49(63)41(3)34-44(6)56(66)57(74-11)55(65)43(5)33-39)42(4)35-46-24-26-50(53(36-46)73-10)76-31-32-77-54(64)22-16-18-28-75-30-29-71-8/h12-14,19-20,34,39,41-43,45-48,50-53,56-57,66,70H,15-18,21-33,35-38H2,1-11H3/b14-12+,19-13+,40-20+,44-34+/t39-,41-,42-,43-,45-,46+,47+,48+,50-,51+,52+,53-,56-,57+,61-/m1/s1. The van der Waals surface area contributed by atoms with Crippen molar-refractivity contribution in [3.63, 3.8) is 0 Å². The van der Waals surface area contributed by atoms with Crippen molar-refractivity contribution in [3.05, 3.63) is 47.6 Å². The largest absolute Gasteiger partial charge is 0.463 e. The fourth-order valence-corrected chi connectivity index (χ4v) is 11.4. The van der Waals surface area contributed by atoms with Crippen LogP contribution in [-0.4, -0.2) is 173 Å². The zero-order valence-corrected chi connectivity index (χ0v) is 49.4. The first-order valence-corrected chi connectivity index (χ1v) is 29.0. The van der Waals surface area contributed by atoms with Crippen LogP contribution in [0.15, 0.2) is 47.6 Å². The van der Waals surface area contributed by atoms with Crippen LogP contribution in [0.4, 0.5) is 0 Å². The molecular weight excluding hydrogens is 1020 g/mol. The Balaban J connectivity index is 1.57. The molecule has 0 unspecified atom stereocenters. The van der Waals surface area contributed by atoms with Gasteiger partial charge in [0.25, 0.3) is 11.7 Å². The number of esters is 2. The summed E-state index contributed by atoms with van der Waals surface area (Å²) in [6.07, 6.45) is 13.2. The molecule has 79 heavy (non-hydrogen) atoms.